The van der Waals surface area contributed by atoms with Gasteiger partial charge in [-0.05, 0) is 35.6 Å². The van der Waals surface area contributed by atoms with Gasteiger partial charge in [0.25, 0.3) is 0 Å². The maximum Gasteiger partial charge on any atom is 0.172 e. The van der Waals surface area contributed by atoms with E-state index < -0.39 is 11.6 Å². The Balaban J connectivity index is 3.39. The minimum absolute atomic E-state index is 0.204. The van der Waals surface area contributed by atoms with Crippen LogP contribution in [0.1, 0.15) is 5.56 Å². The molecule has 0 aliphatic rings. The molecule has 0 amide bonds. The number of halogens is 3. The van der Waals surface area contributed by atoms with E-state index in [1.165, 1.54) is 20.1 Å². The standard InChI is InChI=1S/C8H7F2IO/c1-4-6(12-2)3-5(11)8(10)7(4)9/h3H,1-2H3. The molecule has 66 valence electrons. The van der Waals surface area contributed by atoms with Gasteiger partial charge in [-0.15, -0.1) is 0 Å². The third-order valence-electron chi connectivity index (χ3n) is 1.58. The van der Waals surface area contributed by atoms with Crippen molar-refractivity contribution in [2.45, 2.75) is 6.92 Å². The second kappa shape index (κ2) is 3.55. The highest BCUT2D eigenvalue weighted by molar-refractivity contribution is 14.1. The Labute approximate surface area is 82.9 Å². The average molecular weight is 284 g/mol. The molecular formula is C8H7F2IO. The fraction of sp³-hybridized carbons (Fsp3) is 0.250. The summed E-state index contributed by atoms with van der Waals surface area (Å²) in [5.41, 5.74) is 0.204. The number of methoxy groups -OCH3 is 1. The molecule has 0 saturated heterocycles. The average Bonchev–Trinajstić information content (AvgIpc) is 2.08. The molecule has 0 unspecified atom stereocenters. The van der Waals surface area contributed by atoms with Crippen molar-refractivity contribution in [3.05, 3.63) is 26.8 Å². The van der Waals surface area contributed by atoms with E-state index in [-0.39, 0.29) is 9.13 Å². The molecule has 12 heavy (non-hydrogen) atoms. The summed E-state index contributed by atoms with van der Waals surface area (Å²) in [5.74, 6) is -1.27. The summed E-state index contributed by atoms with van der Waals surface area (Å²) in [6.07, 6.45) is 0. The monoisotopic (exact) mass is 284 g/mol. The highest BCUT2D eigenvalue weighted by Crippen LogP contribution is 2.26. The van der Waals surface area contributed by atoms with Crippen molar-refractivity contribution in [1.82, 2.24) is 0 Å². The van der Waals surface area contributed by atoms with Crippen LogP contribution in [0.4, 0.5) is 8.78 Å². The fourth-order valence-electron chi connectivity index (χ4n) is 0.876. The second-order valence-electron chi connectivity index (χ2n) is 2.31. The van der Waals surface area contributed by atoms with E-state index in [1.54, 1.807) is 22.6 Å². The van der Waals surface area contributed by atoms with Gasteiger partial charge >= 0.3 is 0 Å². The lowest BCUT2D eigenvalue weighted by molar-refractivity contribution is 0.400. The highest BCUT2D eigenvalue weighted by Gasteiger charge is 2.13. The molecule has 4 heteroatoms. The predicted octanol–water partition coefficient (Wildman–Crippen LogP) is 2.89. The van der Waals surface area contributed by atoms with Crippen LogP contribution >= 0.6 is 22.6 Å². The van der Waals surface area contributed by atoms with Gasteiger partial charge in [-0.3, -0.25) is 0 Å². The molecule has 0 spiro atoms. The van der Waals surface area contributed by atoms with Crippen molar-refractivity contribution >= 4 is 22.6 Å². The van der Waals surface area contributed by atoms with Crippen LogP contribution in [0.3, 0.4) is 0 Å². The molecule has 0 aliphatic heterocycles. The van der Waals surface area contributed by atoms with Crippen LogP contribution in [0.25, 0.3) is 0 Å². The Kier molecular flexibility index (Phi) is 2.87. The summed E-state index contributed by atoms with van der Waals surface area (Å²) in [7, 11) is 1.43. The largest absolute Gasteiger partial charge is 0.496 e. The Hall–Kier alpha value is -0.390. The van der Waals surface area contributed by atoms with Gasteiger partial charge in [-0.25, -0.2) is 8.78 Å². The first-order valence-electron chi connectivity index (χ1n) is 3.26. The third kappa shape index (κ3) is 1.53. The maximum absolute atomic E-state index is 13.0. The van der Waals surface area contributed by atoms with Gasteiger partial charge in [-0.2, -0.15) is 0 Å². The van der Waals surface area contributed by atoms with Gasteiger partial charge in [-0.1, -0.05) is 0 Å². The number of hydrogen-bond donors (Lipinski definition) is 0. The number of ether oxygens (including phenoxy) is 1. The SMILES string of the molecule is COc1cc(I)c(F)c(F)c1C. The van der Waals surface area contributed by atoms with Crippen molar-refractivity contribution in [2.75, 3.05) is 7.11 Å². The van der Waals surface area contributed by atoms with E-state index in [1.807, 2.05) is 0 Å². The topological polar surface area (TPSA) is 9.23 Å². The normalized spacial score (nSPS) is 10.1. The van der Waals surface area contributed by atoms with Gasteiger partial charge in [0.15, 0.2) is 11.6 Å². The molecular weight excluding hydrogens is 277 g/mol. The molecule has 0 heterocycles. The van der Waals surface area contributed by atoms with Crippen LogP contribution in [-0.4, -0.2) is 7.11 Å². The molecule has 0 aromatic heterocycles. The molecule has 0 radical (unpaired) electrons. The third-order valence-corrected chi connectivity index (χ3v) is 2.36. The quantitative estimate of drug-likeness (QED) is 0.569. The van der Waals surface area contributed by atoms with Crippen molar-refractivity contribution in [1.29, 1.82) is 0 Å². The van der Waals surface area contributed by atoms with E-state index >= 15 is 0 Å². The lowest BCUT2D eigenvalue weighted by atomic mass is 10.2. The van der Waals surface area contributed by atoms with Gasteiger partial charge < -0.3 is 4.74 Å². The maximum atomic E-state index is 13.0. The van der Waals surface area contributed by atoms with Crippen molar-refractivity contribution in [3.8, 4) is 5.75 Å². The van der Waals surface area contributed by atoms with Gasteiger partial charge in [0.2, 0.25) is 0 Å². The molecule has 0 aliphatic carbocycles. The van der Waals surface area contributed by atoms with Crippen LogP contribution in [0, 0.1) is 22.1 Å². The Morgan fingerprint density at radius 1 is 1.33 bits per heavy atom. The summed E-state index contributed by atoms with van der Waals surface area (Å²) in [6, 6.07) is 1.47. The zero-order valence-corrected chi connectivity index (χ0v) is 8.78. The summed E-state index contributed by atoms with van der Waals surface area (Å²) < 4.78 is 30.9. The van der Waals surface area contributed by atoms with Gasteiger partial charge in [0.05, 0.1) is 10.7 Å². The zero-order valence-electron chi connectivity index (χ0n) is 6.62. The summed E-state index contributed by atoms with van der Waals surface area (Å²) in [4.78, 5) is 0. The van der Waals surface area contributed by atoms with Crippen molar-refractivity contribution < 1.29 is 13.5 Å². The minimum atomic E-state index is -0.834. The van der Waals surface area contributed by atoms with Crippen molar-refractivity contribution in [2.24, 2.45) is 0 Å². The first-order valence-corrected chi connectivity index (χ1v) is 4.34. The van der Waals surface area contributed by atoms with E-state index in [2.05, 4.69) is 0 Å². The molecule has 0 N–H and O–H groups in total. The second-order valence-corrected chi connectivity index (χ2v) is 3.48. The first kappa shape index (κ1) is 9.70. The minimum Gasteiger partial charge on any atom is -0.496 e. The van der Waals surface area contributed by atoms with Crippen LogP contribution in [0.15, 0.2) is 6.07 Å². The molecule has 0 bridgehead atoms. The zero-order chi connectivity index (χ0) is 9.30. The molecule has 0 fully saturated rings. The van der Waals surface area contributed by atoms with Gasteiger partial charge in [0, 0.05) is 5.56 Å². The summed E-state index contributed by atoms with van der Waals surface area (Å²) in [6.45, 7) is 1.48. The number of benzene rings is 1. The molecule has 1 nitrogen and oxygen atoms in total. The van der Waals surface area contributed by atoms with Crippen molar-refractivity contribution in [3.63, 3.8) is 0 Å². The Bertz CT molecular complexity index is 312. The van der Waals surface area contributed by atoms with Crippen LogP contribution in [0.2, 0.25) is 0 Å². The van der Waals surface area contributed by atoms with Crippen LogP contribution < -0.4 is 4.74 Å². The lowest BCUT2D eigenvalue weighted by Gasteiger charge is -2.06. The van der Waals surface area contributed by atoms with Gasteiger partial charge in [0.1, 0.15) is 5.75 Å². The van der Waals surface area contributed by atoms with E-state index in [0.717, 1.165) is 0 Å². The molecule has 1 aromatic rings. The molecule has 0 atom stereocenters. The fourth-order valence-corrected chi connectivity index (χ4v) is 1.40. The molecule has 0 saturated carbocycles. The summed E-state index contributed by atoms with van der Waals surface area (Å²) in [5, 5.41) is 0. The smallest absolute Gasteiger partial charge is 0.172 e. The van der Waals surface area contributed by atoms with Crippen LogP contribution in [0.5, 0.6) is 5.75 Å². The lowest BCUT2D eigenvalue weighted by Crippen LogP contribution is -1.97. The van der Waals surface area contributed by atoms with Crippen LogP contribution in [-0.2, 0) is 0 Å². The Morgan fingerprint density at radius 3 is 2.42 bits per heavy atom. The highest BCUT2D eigenvalue weighted by atomic mass is 127. The first-order chi connectivity index (χ1) is 5.57. The predicted molar refractivity (Wildman–Crippen MR) is 50.4 cm³/mol. The molecule has 1 aromatic carbocycles. The number of rotatable bonds is 1. The number of hydrogen-bond acceptors (Lipinski definition) is 1. The Morgan fingerprint density at radius 2 is 1.92 bits per heavy atom. The van der Waals surface area contributed by atoms with E-state index in [9.17, 15) is 8.78 Å². The van der Waals surface area contributed by atoms with E-state index in [0.29, 0.717) is 5.75 Å². The molecule has 1 rings (SSSR count). The summed E-state index contributed by atoms with van der Waals surface area (Å²) >= 11 is 1.72. The van der Waals surface area contributed by atoms with E-state index in [4.69, 9.17) is 4.74 Å².